The van der Waals surface area contributed by atoms with E-state index in [1.54, 1.807) is 50.2 Å². The van der Waals surface area contributed by atoms with Crippen molar-refractivity contribution in [3.05, 3.63) is 135 Å². The van der Waals surface area contributed by atoms with E-state index in [1.807, 2.05) is 48.5 Å². The van der Waals surface area contributed by atoms with Crippen LogP contribution < -0.4 is 5.32 Å². The van der Waals surface area contributed by atoms with Gasteiger partial charge in [-0.3, -0.25) is 24.1 Å². The lowest BCUT2D eigenvalue weighted by Gasteiger charge is -2.54. The van der Waals surface area contributed by atoms with Crippen LogP contribution in [-0.4, -0.2) is 34.4 Å². The molecule has 9 heteroatoms. The summed E-state index contributed by atoms with van der Waals surface area (Å²) in [6, 6.07) is 26.8. The Balaban J connectivity index is 1.30. The van der Waals surface area contributed by atoms with E-state index in [-0.39, 0.29) is 17.0 Å². The Morgan fingerprint density at radius 2 is 1.20 bits per heavy atom. The lowest BCUT2D eigenvalue weighted by atomic mass is 9.54. The molecule has 1 N–H and O–H groups in total. The summed E-state index contributed by atoms with van der Waals surface area (Å²) in [5, 5.41) is 3.15. The number of amides is 3. The summed E-state index contributed by atoms with van der Waals surface area (Å²) in [4.78, 5) is 55.0. The quantitative estimate of drug-likeness (QED) is 0.136. The molecule has 8 rings (SSSR count). The van der Waals surface area contributed by atoms with Gasteiger partial charge in [-0.2, -0.15) is 0 Å². The Morgan fingerprint density at radius 3 is 1.67 bits per heavy atom. The molecule has 0 aromatic heterocycles. The van der Waals surface area contributed by atoms with E-state index >= 15 is 0 Å². The van der Waals surface area contributed by atoms with Gasteiger partial charge in [-0.1, -0.05) is 104 Å². The van der Waals surface area contributed by atoms with Crippen LogP contribution in [0.5, 0.6) is 0 Å². The lowest BCUT2D eigenvalue weighted by molar-refractivity contribution is -0.148. The van der Waals surface area contributed by atoms with E-state index in [0.717, 1.165) is 4.90 Å². The van der Waals surface area contributed by atoms with Crippen LogP contribution in [-0.2, 0) is 24.1 Å². The molecule has 6 nitrogen and oxygen atoms in total. The van der Waals surface area contributed by atoms with Gasteiger partial charge in [-0.15, -0.1) is 23.2 Å². The van der Waals surface area contributed by atoms with E-state index in [9.17, 15) is 19.2 Å². The molecule has 0 unspecified atom stereocenters. The molecular weight excluding hydrogens is 631 g/mol. The minimum Gasteiger partial charge on any atom is -0.324 e. The number of nitrogens with zero attached hydrogens (tertiary/aromatic N) is 1. The van der Waals surface area contributed by atoms with Crippen molar-refractivity contribution in [1.82, 2.24) is 4.90 Å². The van der Waals surface area contributed by atoms with Crippen molar-refractivity contribution in [3.63, 3.8) is 0 Å². The van der Waals surface area contributed by atoms with E-state index in [1.165, 1.54) is 12.1 Å². The molecule has 3 aliphatic carbocycles. The summed E-state index contributed by atoms with van der Waals surface area (Å²) in [6.07, 6.45) is 0. The molecule has 45 heavy (non-hydrogen) atoms. The number of likely N-dealkylation sites (tertiary alicyclic amines) is 1. The maximum atomic E-state index is 14.5. The number of nitrogens with one attached hydrogen (secondary N) is 1. The predicted molar refractivity (Wildman–Crippen MR) is 174 cm³/mol. The van der Waals surface area contributed by atoms with Crippen molar-refractivity contribution in [2.75, 3.05) is 5.32 Å². The molecule has 226 valence electrons. The van der Waals surface area contributed by atoms with E-state index in [4.69, 9.17) is 34.8 Å². The molecule has 4 aliphatic rings. The number of anilines is 1. The van der Waals surface area contributed by atoms with Gasteiger partial charge in [0.05, 0.1) is 17.5 Å². The zero-order valence-electron chi connectivity index (χ0n) is 24.3. The number of halogens is 3. The average molecular weight is 658 g/mol. The van der Waals surface area contributed by atoms with Gasteiger partial charge in [0.25, 0.3) is 0 Å². The molecule has 0 saturated carbocycles. The maximum Gasteiger partial charge on any atom is 0.247 e. The van der Waals surface area contributed by atoms with Crippen LogP contribution in [0.4, 0.5) is 5.69 Å². The largest absolute Gasteiger partial charge is 0.324 e. The third kappa shape index (κ3) is 4.09. The first kappa shape index (κ1) is 29.7. The molecule has 4 aromatic rings. The molecule has 2 bridgehead atoms. The number of alkyl halides is 2. The summed E-state index contributed by atoms with van der Waals surface area (Å²) in [5.74, 6) is -4.63. The molecule has 1 aliphatic heterocycles. The van der Waals surface area contributed by atoms with Crippen molar-refractivity contribution in [2.24, 2.45) is 17.8 Å². The van der Waals surface area contributed by atoms with Crippen molar-refractivity contribution in [1.29, 1.82) is 0 Å². The molecule has 1 fully saturated rings. The van der Waals surface area contributed by atoms with Gasteiger partial charge in [0.1, 0.15) is 15.8 Å². The van der Waals surface area contributed by atoms with E-state index in [2.05, 4.69) is 5.32 Å². The number of benzene rings is 4. The van der Waals surface area contributed by atoms with Gasteiger partial charge in [0, 0.05) is 16.1 Å². The highest BCUT2D eigenvalue weighted by Gasteiger charge is 2.73. The lowest BCUT2D eigenvalue weighted by Crippen LogP contribution is -2.57. The van der Waals surface area contributed by atoms with Crippen LogP contribution in [0.15, 0.2) is 97.1 Å². The zero-order chi connectivity index (χ0) is 31.8. The number of ketones is 1. The second-order valence-electron chi connectivity index (χ2n) is 12.1. The van der Waals surface area contributed by atoms with Crippen molar-refractivity contribution in [2.45, 2.75) is 29.6 Å². The molecule has 3 amide bonds. The highest BCUT2D eigenvalue weighted by Crippen LogP contribution is 2.69. The highest BCUT2D eigenvalue weighted by atomic mass is 35.5. The van der Waals surface area contributed by atoms with E-state index < -0.39 is 51.3 Å². The summed E-state index contributed by atoms with van der Waals surface area (Å²) >= 11 is 21.4. The smallest absolute Gasteiger partial charge is 0.247 e. The maximum absolute atomic E-state index is 14.5. The second kappa shape index (κ2) is 10.5. The minimum atomic E-state index is -1.36. The number of hydrogen-bond acceptors (Lipinski definition) is 4. The first-order chi connectivity index (χ1) is 21.5. The fourth-order valence-electron chi connectivity index (χ4n) is 7.45. The van der Waals surface area contributed by atoms with Crippen LogP contribution in [0.25, 0.3) is 0 Å². The monoisotopic (exact) mass is 656 g/mol. The number of carbonyl (C=O) groups excluding carboxylic acids is 4. The number of hydrogen-bond donors (Lipinski definition) is 1. The van der Waals surface area contributed by atoms with Gasteiger partial charge in [0.2, 0.25) is 17.7 Å². The summed E-state index contributed by atoms with van der Waals surface area (Å²) < 4.78 is 0. The SMILES string of the molecule is CC(C)[C@@H](C(=O)Nc1ccc(Cl)cc1C(=O)c1ccccc1)N1C(=O)[C@@H]2[C@@H](C1=O)C1(Cl)c3ccccc3C2(Cl)c2ccccc21. The number of rotatable bonds is 6. The predicted octanol–water partition coefficient (Wildman–Crippen LogP) is 7.13. The van der Waals surface area contributed by atoms with Crippen LogP contribution in [0.2, 0.25) is 5.02 Å². The molecule has 3 atom stereocenters. The molecule has 1 saturated heterocycles. The van der Waals surface area contributed by atoms with Gasteiger partial charge in [-0.05, 0) is 46.4 Å². The Kier molecular flexibility index (Phi) is 6.97. The zero-order valence-corrected chi connectivity index (χ0v) is 26.5. The number of imide groups is 1. The van der Waals surface area contributed by atoms with Crippen LogP contribution in [0, 0.1) is 17.8 Å². The molecule has 4 aromatic carbocycles. The first-order valence-electron chi connectivity index (χ1n) is 14.7. The number of carbonyl (C=O) groups is 4. The summed E-state index contributed by atoms with van der Waals surface area (Å²) in [7, 11) is 0. The van der Waals surface area contributed by atoms with Crippen LogP contribution >= 0.6 is 34.8 Å². The standard InChI is InChI=1S/C36H27Cl3N2O4/c1-19(2)30(32(43)40-27-17-16-21(37)18-22(27)31(42)20-10-4-3-5-11-20)41-33(44)28-29(34(41)45)36(39)24-13-7-6-12-23(24)35(28,38)25-14-8-9-15-26(25)36/h3-19,28-30H,1-2H3,(H,40,43)/t28-,29-,30-,35?,36?/m0/s1. The highest BCUT2D eigenvalue weighted by molar-refractivity contribution is 6.36. The Hall–Kier alpha value is -3.97. The third-order valence-corrected chi connectivity index (χ3v) is 10.8. The van der Waals surface area contributed by atoms with Crippen molar-refractivity contribution < 1.29 is 19.2 Å². The Bertz CT molecular complexity index is 1800. The summed E-state index contributed by atoms with van der Waals surface area (Å²) in [5.41, 5.74) is 3.53. The first-order valence-corrected chi connectivity index (χ1v) is 15.8. The van der Waals surface area contributed by atoms with Crippen LogP contribution in [0.1, 0.15) is 52.0 Å². The third-order valence-electron chi connectivity index (χ3n) is 9.32. The van der Waals surface area contributed by atoms with Gasteiger partial charge < -0.3 is 5.32 Å². The molecule has 1 heterocycles. The van der Waals surface area contributed by atoms with Gasteiger partial charge in [0.15, 0.2) is 5.78 Å². The average Bonchev–Trinajstić information content (AvgIpc) is 3.31. The topological polar surface area (TPSA) is 83.6 Å². The minimum absolute atomic E-state index is 0.181. The molecule has 0 radical (unpaired) electrons. The van der Waals surface area contributed by atoms with Crippen molar-refractivity contribution >= 4 is 64.0 Å². The Morgan fingerprint density at radius 1 is 0.733 bits per heavy atom. The van der Waals surface area contributed by atoms with Crippen LogP contribution in [0.3, 0.4) is 0 Å². The molecular formula is C36H27Cl3N2O4. The van der Waals surface area contributed by atoms with Gasteiger partial charge >= 0.3 is 0 Å². The normalized spacial score (nSPS) is 25.1. The fraction of sp³-hybridized carbons (Fsp3) is 0.222. The van der Waals surface area contributed by atoms with Gasteiger partial charge in [-0.25, -0.2) is 0 Å². The van der Waals surface area contributed by atoms with E-state index in [0.29, 0.717) is 32.8 Å². The summed E-state index contributed by atoms with van der Waals surface area (Å²) in [6.45, 7) is 3.52. The van der Waals surface area contributed by atoms with Crippen molar-refractivity contribution in [3.8, 4) is 0 Å². The second-order valence-corrected chi connectivity index (χ2v) is 13.7. The fourth-order valence-corrected chi connectivity index (χ4v) is 8.72. The molecule has 0 spiro atoms. The Labute approximate surface area is 275 Å².